The molecule has 0 radical (unpaired) electrons. The Kier molecular flexibility index (Phi) is 3.49. The molecule has 0 amide bonds. The second-order valence-corrected chi connectivity index (χ2v) is 2.97. The Labute approximate surface area is 72.2 Å². The quantitative estimate of drug-likeness (QED) is 0.600. The molecule has 0 aliphatic carbocycles. The molecule has 12 heavy (non-hydrogen) atoms. The van der Waals surface area contributed by atoms with Crippen LogP contribution in [0.2, 0.25) is 0 Å². The third-order valence-electron chi connectivity index (χ3n) is 2.24. The molecule has 70 valence electrons. The third kappa shape index (κ3) is 2.19. The molecule has 1 heterocycles. The summed E-state index contributed by atoms with van der Waals surface area (Å²) in [5.41, 5.74) is 0. The van der Waals surface area contributed by atoms with Crippen molar-refractivity contribution in [2.75, 3.05) is 27.3 Å². The molecule has 1 fully saturated rings. The van der Waals surface area contributed by atoms with Crippen LogP contribution in [0.3, 0.4) is 0 Å². The summed E-state index contributed by atoms with van der Waals surface area (Å²) in [5.74, 6) is 0.105. The van der Waals surface area contributed by atoms with Crippen LogP contribution in [0, 0.1) is 5.92 Å². The molecule has 0 saturated carbocycles. The number of carbonyl (C=O) groups is 1. The molecule has 4 heteroatoms. The molecular formula is C8H15NO3. The fourth-order valence-corrected chi connectivity index (χ4v) is 1.49. The van der Waals surface area contributed by atoms with Crippen LogP contribution in [0.4, 0.5) is 0 Å². The Morgan fingerprint density at radius 2 is 2.25 bits per heavy atom. The second kappa shape index (κ2) is 4.42. The van der Waals surface area contributed by atoms with E-state index in [0.717, 1.165) is 13.1 Å². The van der Waals surface area contributed by atoms with Crippen molar-refractivity contribution in [2.24, 2.45) is 5.92 Å². The Morgan fingerprint density at radius 3 is 2.83 bits per heavy atom. The number of nitrogens with one attached hydrogen (secondary N) is 1. The Bertz CT molecular complexity index is 160. The van der Waals surface area contributed by atoms with E-state index in [9.17, 15) is 4.79 Å². The van der Waals surface area contributed by atoms with Gasteiger partial charge in [0.25, 0.3) is 0 Å². The van der Waals surface area contributed by atoms with Crippen molar-refractivity contribution in [3.63, 3.8) is 0 Å². The van der Waals surface area contributed by atoms with Gasteiger partial charge in [-0.2, -0.15) is 0 Å². The summed E-state index contributed by atoms with van der Waals surface area (Å²) < 4.78 is 9.78. The van der Waals surface area contributed by atoms with Crippen molar-refractivity contribution in [2.45, 2.75) is 12.5 Å². The van der Waals surface area contributed by atoms with Crippen LogP contribution < -0.4 is 5.32 Å². The molecule has 0 bridgehead atoms. The highest BCUT2D eigenvalue weighted by molar-refractivity contribution is 5.69. The van der Waals surface area contributed by atoms with Gasteiger partial charge < -0.3 is 14.8 Å². The molecule has 2 unspecified atom stereocenters. The molecule has 1 rings (SSSR count). The summed E-state index contributed by atoms with van der Waals surface area (Å²) in [6, 6.07) is 0. The van der Waals surface area contributed by atoms with Gasteiger partial charge in [-0.15, -0.1) is 0 Å². The number of hydrogen-bond acceptors (Lipinski definition) is 4. The highest BCUT2D eigenvalue weighted by Crippen LogP contribution is 2.16. The molecule has 1 aliphatic rings. The highest BCUT2D eigenvalue weighted by Gasteiger charge is 2.28. The molecule has 1 aliphatic heterocycles. The fourth-order valence-electron chi connectivity index (χ4n) is 1.49. The molecule has 0 aromatic heterocycles. The smallest absolute Gasteiger partial charge is 0.305 e. The standard InChI is InChI=1S/C8H15NO3/c1-11-7-5-9-4-6(7)3-8(10)12-2/h6-7,9H,3-5H2,1-2H3. The van der Waals surface area contributed by atoms with E-state index in [1.807, 2.05) is 0 Å². The van der Waals surface area contributed by atoms with Crippen molar-refractivity contribution < 1.29 is 14.3 Å². The SMILES string of the molecule is COC(=O)CC1CNCC1OC. The fraction of sp³-hybridized carbons (Fsp3) is 0.875. The minimum absolute atomic E-state index is 0.157. The van der Waals surface area contributed by atoms with E-state index < -0.39 is 0 Å². The first-order chi connectivity index (χ1) is 5.77. The van der Waals surface area contributed by atoms with Crippen molar-refractivity contribution in [1.82, 2.24) is 5.32 Å². The van der Waals surface area contributed by atoms with E-state index in [1.165, 1.54) is 7.11 Å². The van der Waals surface area contributed by atoms with Gasteiger partial charge in [-0.05, 0) is 0 Å². The van der Waals surface area contributed by atoms with Crippen LogP contribution in [0.25, 0.3) is 0 Å². The van der Waals surface area contributed by atoms with Crippen LogP contribution >= 0.6 is 0 Å². The predicted octanol–water partition coefficient (Wildman–Crippen LogP) is -0.216. The maximum Gasteiger partial charge on any atom is 0.305 e. The topological polar surface area (TPSA) is 47.6 Å². The molecule has 1 N–H and O–H groups in total. The van der Waals surface area contributed by atoms with Gasteiger partial charge in [0.2, 0.25) is 0 Å². The first-order valence-corrected chi connectivity index (χ1v) is 4.08. The lowest BCUT2D eigenvalue weighted by Crippen LogP contribution is -2.23. The van der Waals surface area contributed by atoms with E-state index >= 15 is 0 Å². The van der Waals surface area contributed by atoms with Gasteiger partial charge in [0.05, 0.1) is 19.6 Å². The van der Waals surface area contributed by atoms with Crippen molar-refractivity contribution in [3.8, 4) is 0 Å². The second-order valence-electron chi connectivity index (χ2n) is 2.97. The third-order valence-corrected chi connectivity index (χ3v) is 2.24. The predicted molar refractivity (Wildman–Crippen MR) is 43.8 cm³/mol. The first kappa shape index (κ1) is 9.48. The lowest BCUT2D eigenvalue weighted by Gasteiger charge is -2.14. The van der Waals surface area contributed by atoms with Crippen LogP contribution in [-0.4, -0.2) is 39.4 Å². The highest BCUT2D eigenvalue weighted by atomic mass is 16.5. The molecule has 0 spiro atoms. The largest absolute Gasteiger partial charge is 0.469 e. The van der Waals surface area contributed by atoms with Gasteiger partial charge >= 0.3 is 5.97 Å². The Hall–Kier alpha value is -0.610. The number of ether oxygens (including phenoxy) is 2. The van der Waals surface area contributed by atoms with Crippen LogP contribution in [-0.2, 0) is 14.3 Å². The summed E-state index contributed by atoms with van der Waals surface area (Å²) in [6.07, 6.45) is 0.603. The molecule has 2 atom stereocenters. The minimum atomic E-state index is -0.161. The lowest BCUT2D eigenvalue weighted by atomic mass is 10.0. The average Bonchev–Trinajstić information content (AvgIpc) is 2.51. The number of methoxy groups -OCH3 is 2. The number of hydrogen-bond donors (Lipinski definition) is 1. The van der Waals surface area contributed by atoms with Crippen LogP contribution in [0.5, 0.6) is 0 Å². The number of rotatable bonds is 3. The van der Waals surface area contributed by atoms with E-state index in [2.05, 4.69) is 10.1 Å². The van der Waals surface area contributed by atoms with Gasteiger partial charge in [0.15, 0.2) is 0 Å². The van der Waals surface area contributed by atoms with E-state index in [0.29, 0.717) is 6.42 Å². The monoisotopic (exact) mass is 173 g/mol. The normalized spacial score (nSPS) is 28.8. The van der Waals surface area contributed by atoms with E-state index in [1.54, 1.807) is 7.11 Å². The van der Waals surface area contributed by atoms with Crippen molar-refractivity contribution in [3.05, 3.63) is 0 Å². The number of esters is 1. The zero-order valence-electron chi connectivity index (χ0n) is 7.50. The van der Waals surface area contributed by atoms with Crippen molar-refractivity contribution in [1.29, 1.82) is 0 Å². The maximum atomic E-state index is 10.9. The van der Waals surface area contributed by atoms with Crippen molar-refractivity contribution >= 4 is 5.97 Å². The minimum Gasteiger partial charge on any atom is -0.469 e. The van der Waals surface area contributed by atoms with Gasteiger partial charge in [0.1, 0.15) is 0 Å². The summed E-state index contributed by atoms with van der Waals surface area (Å²) in [4.78, 5) is 10.9. The zero-order chi connectivity index (χ0) is 8.97. The van der Waals surface area contributed by atoms with Gasteiger partial charge in [-0.25, -0.2) is 0 Å². The Balaban J connectivity index is 2.35. The number of carbonyl (C=O) groups excluding carboxylic acids is 1. The molecule has 0 aromatic rings. The molecule has 0 aromatic carbocycles. The molecule has 1 saturated heterocycles. The first-order valence-electron chi connectivity index (χ1n) is 4.08. The van der Waals surface area contributed by atoms with Crippen LogP contribution in [0.15, 0.2) is 0 Å². The van der Waals surface area contributed by atoms with Gasteiger partial charge in [-0.3, -0.25) is 4.79 Å². The average molecular weight is 173 g/mol. The molecular weight excluding hydrogens is 158 g/mol. The molecule has 4 nitrogen and oxygen atoms in total. The maximum absolute atomic E-state index is 10.9. The van der Waals surface area contributed by atoms with Gasteiger partial charge in [0, 0.05) is 26.1 Å². The van der Waals surface area contributed by atoms with Gasteiger partial charge in [-0.1, -0.05) is 0 Å². The van der Waals surface area contributed by atoms with Crippen LogP contribution in [0.1, 0.15) is 6.42 Å². The zero-order valence-corrected chi connectivity index (χ0v) is 7.50. The van der Waals surface area contributed by atoms with E-state index in [-0.39, 0.29) is 18.0 Å². The lowest BCUT2D eigenvalue weighted by molar-refractivity contribution is -0.142. The summed E-state index contributed by atoms with van der Waals surface area (Å²) in [6.45, 7) is 1.67. The van der Waals surface area contributed by atoms with E-state index in [4.69, 9.17) is 4.74 Å². The summed E-state index contributed by atoms with van der Waals surface area (Å²) in [7, 11) is 3.08. The summed E-state index contributed by atoms with van der Waals surface area (Å²) >= 11 is 0. The Morgan fingerprint density at radius 1 is 1.50 bits per heavy atom. The summed E-state index contributed by atoms with van der Waals surface area (Å²) in [5, 5.41) is 3.17.